The fourth-order valence-electron chi connectivity index (χ4n) is 3.33. The van der Waals surface area contributed by atoms with Crippen molar-refractivity contribution in [3.8, 4) is 5.75 Å². The maximum Gasteiger partial charge on any atom is 0.260 e. The minimum Gasteiger partial charge on any atom is -0.489 e. The van der Waals surface area contributed by atoms with Crippen molar-refractivity contribution in [2.45, 2.75) is 20.1 Å². The molecule has 0 spiro atoms. The van der Waals surface area contributed by atoms with Crippen LogP contribution in [-0.4, -0.2) is 15.7 Å². The molecular weight excluding hydrogens is 448 g/mol. The van der Waals surface area contributed by atoms with Crippen molar-refractivity contribution < 1.29 is 18.3 Å². The van der Waals surface area contributed by atoms with Gasteiger partial charge in [-0.1, -0.05) is 41.9 Å². The highest BCUT2D eigenvalue weighted by Gasteiger charge is 2.21. The molecule has 0 fully saturated rings. The number of aryl methyl sites for hydroxylation is 1. The van der Waals surface area contributed by atoms with Gasteiger partial charge >= 0.3 is 0 Å². The summed E-state index contributed by atoms with van der Waals surface area (Å²) in [6.07, 6.45) is 0. The van der Waals surface area contributed by atoms with Gasteiger partial charge in [0.15, 0.2) is 0 Å². The molecule has 0 radical (unpaired) electrons. The molecule has 0 aliphatic carbocycles. The lowest BCUT2D eigenvalue weighted by Gasteiger charge is -2.10. The van der Waals surface area contributed by atoms with E-state index in [1.54, 1.807) is 55.5 Å². The van der Waals surface area contributed by atoms with Crippen molar-refractivity contribution in [3.63, 3.8) is 0 Å². The van der Waals surface area contributed by atoms with E-state index in [9.17, 15) is 13.6 Å². The van der Waals surface area contributed by atoms with E-state index in [-0.39, 0.29) is 29.0 Å². The Balaban J connectivity index is 1.45. The quantitative estimate of drug-likeness (QED) is 0.362. The molecular formula is C25H20ClF2N3O2. The van der Waals surface area contributed by atoms with Crippen molar-refractivity contribution in [3.05, 3.63) is 112 Å². The number of hydrogen-bond donors (Lipinski definition) is 1. The molecule has 0 unspecified atom stereocenters. The van der Waals surface area contributed by atoms with Crippen LogP contribution in [0.2, 0.25) is 5.15 Å². The summed E-state index contributed by atoms with van der Waals surface area (Å²) in [5.41, 5.74) is 2.73. The summed E-state index contributed by atoms with van der Waals surface area (Å²) in [6, 6.07) is 19.0. The Kier molecular flexibility index (Phi) is 6.70. The normalized spacial score (nSPS) is 10.8. The van der Waals surface area contributed by atoms with Gasteiger partial charge in [-0.05, 0) is 54.4 Å². The van der Waals surface area contributed by atoms with E-state index in [1.807, 2.05) is 0 Å². The first-order valence-corrected chi connectivity index (χ1v) is 10.5. The SMILES string of the molecule is Cc1nn(Cc2ccc(F)cc2)c(Cl)c1C(=O)Nc1cccc(OCc2cccc(F)c2)c1. The number of carbonyl (C=O) groups is 1. The second-order valence-electron chi connectivity index (χ2n) is 7.44. The van der Waals surface area contributed by atoms with Gasteiger partial charge in [-0.25, -0.2) is 13.5 Å². The van der Waals surface area contributed by atoms with Gasteiger partial charge in [0.05, 0.1) is 17.8 Å². The van der Waals surface area contributed by atoms with Crippen molar-refractivity contribution in [2.75, 3.05) is 5.32 Å². The largest absolute Gasteiger partial charge is 0.489 e. The predicted octanol–water partition coefficient (Wildman–Crippen LogP) is 6.00. The van der Waals surface area contributed by atoms with E-state index in [1.165, 1.54) is 28.9 Å². The summed E-state index contributed by atoms with van der Waals surface area (Å²) in [6.45, 7) is 2.19. The number of ether oxygens (including phenoxy) is 1. The number of carbonyl (C=O) groups excluding carboxylic acids is 1. The molecule has 0 aliphatic heterocycles. The number of anilines is 1. The zero-order chi connectivity index (χ0) is 23.4. The third kappa shape index (κ3) is 5.56. The van der Waals surface area contributed by atoms with Crippen LogP contribution < -0.4 is 10.1 Å². The topological polar surface area (TPSA) is 56.2 Å². The van der Waals surface area contributed by atoms with Gasteiger partial charge in [-0.3, -0.25) is 4.79 Å². The first-order valence-electron chi connectivity index (χ1n) is 10.1. The second-order valence-corrected chi connectivity index (χ2v) is 7.79. The zero-order valence-electron chi connectivity index (χ0n) is 17.7. The Morgan fingerprint density at radius 1 is 1.00 bits per heavy atom. The van der Waals surface area contributed by atoms with Crippen molar-refractivity contribution in [2.24, 2.45) is 0 Å². The molecule has 0 atom stereocenters. The number of nitrogens with zero attached hydrogens (tertiary/aromatic N) is 2. The number of aromatic nitrogens is 2. The summed E-state index contributed by atoms with van der Waals surface area (Å²) >= 11 is 6.44. The maximum absolute atomic E-state index is 13.3. The maximum atomic E-state index is 13.3. The average molecular weight is 468 g/mol. The molecule has 168 valence electrons. The lowest BCUT2D eigenvalue weighted by Crippen LogP contribution is -2.13. The molecule has 1 amide bonds. The van der Waals surface area contributed by atoms with Crippen molar-refractivity contribution >= 4 is 23.2 Å². The van der Waals surface area contributed by atoms with Crippen LogP contribution in [0.5, 0.6) is 5.75 Å². The highest BCUT2D eigenvalue weighted by Crippen LogP contribution is 2.24. The van der Waals surface area contributed by atoms with E-state index < -0.39 is 5.91 Å². The van der Waals surface area contributed by atoms with E-state index >= 15 is 0 Å². The molecule has 0 saturated carbocycles. The van der Waals surface area contributed by atoms with Crippen LogP contribution in [0.15, 0.2) is 72.8 Å². The minimum atomic E-state index is -0.412. The number of halogens is 3. The Morgan fingerprint density at radius 2 is 1.76 bits per heavy atom. The van der Waals surface area contributed by atoms with Gasteiger partial charge in [0, 0.05) is 11.8 Å². The van der Waals surface area contributed by atoms with Crippen molar-refractivity contribution in [1.82, 2.24) is 9.78 Å². The van der Waals surface area contributed by atoms with E-state index in [4.69, 9.17) is 16.3 Å². The van der Waals surface area contributed by atoms with Crippen LogP contribution in [0.25, 0.3) is 0 Å². The first kappa shape index (κ1) is 22.5. The lowest BCUT2D eigenvalue weighted by molar-refractivity contribution is 0.102. The fourth-order valence-corrected chi connectivity index (χ4v) is 3.65. The monoisotopic (exact) mass is 467 g/mol. The molecule has 5 nitrogen and oxygen atoms in total. The standard InChI is InChI=1S/C25H20ClF2N3O2/c1-16-23(24(26)31(30-16)14-17-8-10-19(27)11-9-17)25(32)29-21-6-3-7-22(13-21)33-15-18-4-2-5-20(28)12-18/h2-13H,14-15H2,1H3,(H,29,32). The zero-order valence-corrected chi connectivity index (χ0v) is 18.4. The Hall–Kier alpha value is -3.71. The van der Waals surface area contributed by atoms with Crippen LogP contribution in [0.1, 0.15) is 27.2 Å². The molecule has 0 aliphatic rings. The summed E-state index contributed by atoms with van der Waals surface area (Å²) < 4.78 is 33.7. The second kappa shape index (κ2) is 9.83. The van der Waals surface area contributed by atoms with E-state index in [0.717, 1.165) is 5.56 Å². The number of amides is 1. The fraction of sp³-hybridized carbons (Fsp3) is 0.120. The van der Waals surface area contributed by atoms with Crippen LogP contribution >= 0.6 is 11.6 Å². The molecule has 33 heavy (non-hydrogen) atoms. The molecule has 1 N–H and O–H groups in total. The third-order valence-corrected chi connectivity index (χ3v) is 5.31. The summed E-state index contributed by atoms with van der Waals surface area (Å²) in [4.78, 5) is 12.9. The summed E-state index contributed by atoms with van der Waals surface area (Å²) in [7, 11) is 0. The van der Waals surface area contributed by atoms with Crippen LogP contribution in [0.4, 0.5) is 14.5 Å². The molecule has 3 aromatic carbocycles. The van der Waals surface area contributed by atoms with Crippen LogP contribution in [0.3, 0.4) is 0 Å². The summed E-state index contributed by atoms with van der Waals surface area (Å²) in [5.74, 6) is -0.551. The number of nitrogens with one attached hydrogen (secondary N) is 1. The van der Waals surface area contributed by atoms with Gasteiger partial charge < -0.3 is 10.1 Å². The van der Waals surface area contributed by atoms with E-state index in [0.29, 0.717) is 29.2 Å². The Morgan fingerprint density at radius 3 is 2.52 bits per heavy atom. The Labute approximate surface area is 194 Å². The average Bonchev–Trinajstić information content (AvgIpc) is 3.07. The van der Waals surface area contributed by atoms with Gasteiger partial charge in [0.2, 0.25) is 0 Å². The van der Waals surface area contributed by atoms with Gasteiger partial charge in [0.1, 0.15) is 29.1 Å². The molecule has 0 saturated heterocycles. The number of hydrogen-bond acceptors (Lipinski definition) is 3. The molecule has 4 rings (SSSR count). The molecule has 4 aromatic rings. The highest BCUT2D eigenvalue weighted by atomic mass is 35.5. The van der Waals surface area contributed by atoms with Crippen molar-refractivity contribution in [1.29, 1.82) is 0 Å². The van der Waals surface area contributed by atoms with Crippen LogP contribution in [0, 0.1) is 18.6 Å². The number of rotatable bonds is 7. The van der Waals surface area contributed by atoms with Gasteiger partial charge in [-0.2, -0.15) is 5.10 Å². The first-order chi connectivity index (χ1) is 15.9. The van der Waals surface area contributed by atoms with Gasteiger partial charge in [0.25, 0.3) is 5.91 Å². The minimum absolute atomic E-state index is 0.188. The molecule has 0 bridgehead atoms. The molecule has 1 heterocycles. The summed E-state index contributed by atoms with van der Waals surface area (Å²) in [5, 5.41) is 7.35. The van der Waals surface area contributed by atoms with Gasteiger partial charge in [-0.15, -0.1) is 0 Å². The Bertz CT molecular complexity index is 1290. The number of benzene rings is 3. The van der Waals surface area contributed by atoms with Crippen LogP contribution in [-0.2, 0) is 13.2 Å². The molecule has 8 heteroatoms. The predicted molar refractivity (Wildman–Crippen MR) is 123 cm³/mol. The molecule has 1 aromatic heterocycles. The smallest absolute Gasteiger partial charge is 0.260 e. The highest BCUT2D eigenvalue weighted by molar-refractivity contribution is 6.33. The van der Waals surface area contributed by atoms with E-state index in [2.05, 4.69) is 10.4 Å². The third-order valence-electron chi connectivity index (χ3n) is 4.92. The lowest BCUT2D eigenvalue weighted by atomic mass is 10.2.